The average molecular weight is 322 g/mol. The van der Waals surface area contributed by atoms with E-state index in [1.165, 1.54) is 16.7 Å². The number of nitrogens with zero attached hydrogens (tertiary/aromatic N) is 2. The zero-order valence-electron chi connectivity index (χ0n) is 11.7. The molecule has 0 fully saturated rings. The van der Waals surface area contributed by atoms with Crippen LogP contribution in [0.1, 0.15) is 36.6 Å². The van der Waals surface area contributed by atoms with Gasteiger partial charge in [0.25, 0.3) is 0 Å². The van der Waals surface area contributed by atoms with Gasteiger partial charge in [0.2, 0.25) is 0 Å². The first kappa shape index (κ1) is 14.3. The standard InChI is InChI=1S/C15H20BrN3/c1-4-17-15(13-9-18-19(5-2)10-13)12-6-11(3)7-14(16)8-12/h6-10,15,17H,4-5H2,1-3H3. The van der Waals surface area contributed by atoms with Crippen molar-refractivity contribution in [2.24, 2.45) is 0 Å². The first-order valence-electron chi connectivity index (χ1n) is 6.66. The molecule has 4 heteroatoms. The maximum absolute atomic E-state index is 4.37. The number of benzene rings is 1. The zero-order chi connectivity index (χ0) is 13.8. The molecule has 1 aromatic carbocycles. The Bertz CT molecular complexity index is 528. The molecule has 1 atom stereocenters. The van der Waals surface area contributed by atoms with Gasteiger partial charge in [-0.15, -0.1) is 0 Å². The van der Waals surface area contributed by atoms with Crippen LogP contribution in [0.2, 0.25) is 0 Å². The van der Waals surface area contributed by atoms with E-state index < -0.39 is 0 Å². The molecule has 0 bridgehead atoms. The molecule has 102 valence electrons. The number of halogens is 1. The van der Waals surface area contributed by atoms with Crippen molar-refractivity contribution in [2.75, 3.05) is 6.54 Å². The van der Waals surface area contributed by atoms with Crippen molar-refractivity contribution in [2.45, 2.75) is 33.4 Å². The molecule has 0 spiro atoms. The van der Waals surface area contributed by atoms with Crippen LogP contribution in [0.25, 0.3) is 0 Å². The fourth-order valence-electron chi connectivity index (χ4n) is 2.27. The molecular formula is C15H20BrN3. The molecule has 0 aliphatic heterocycles. The van der Waals surface area contributed by atoms with Gasteiger partial charge in [-0.05, 0) is 43.7 Å². The molecule has 0 radical (unpaired) electrons. The van der Waals surface area contributed by atoms with Gasteiger partial charge in [-0.3, -0.25) is 4.68 Å². The van der Waals surface area contributed by atoms with E-state index >= 15 is 0 Å². The van der Waals surface area contributed by atoms with Crippen molar-refractivity contribution in [1.29, 1.82) is 0 Å². The number of aryl methyl sites for hydroxylation is 2. The highest BCUT2D eigenvalue weighted by molar-refractivity contribution is 9.10. The Labute approximate surface area is 123 Å². The lowest BCUT2D eigenvalue weighted by Gasteiger charge is -2.18. The Morgan fingerprint density at radius 3 is 2.63 bits per heavy atom. The molecule has 1 unspecified atom stereocenters. The summed E-state index contributed by atoms with van der Waals surface area (Å²) in [5.41, 5.74) is 3.74. The molecule has 19 heavy (non-hydrogen) atoms. The molecule has 0 amide bonds. The summed E-state index contributed by atoms with van der Waals surface area (Å²) in [4.78, 5) is 0. The van der Waals surface area contributed by atoms with E-state index in [1.54, 1.807) is 0 Å². The molecule has 1 N–H and O–H groups in total. The van der Waals surface area contributed by atoms with Gasteiger partial charge in [-0.1, -0.05) is 28.9 Å². The van der Waals surface area contributed by atoms with Crippen LogP contribution >= 0.6 is 15.9 Å². The van der Waals surface area contributed by atoms with E-state index in [0.29, 0.717) is 0 Å². The highest BCUT2D eigenvalue weighted by Crippen LogP contribution is 2.25. The quantitative estimate of drug-likeness (QED) is 0.910. The number of aromatic nitrogens is 2. The summed E-state index contributed by atoms with van der Waals surface area (Å²) in [6.45, 7) is 8.17. The van der Waals surface area contributed by atoms with Gasteiger partial charge >= 0.3 is 0 Å². The maximum atomic E-state index is 4.37. The van der Waals surface area contributed by atoms with Crippen LogP contribution < -0.4 is 5.32 Å². The number of hydrogen-bond donors (Lipinski definition) is 1. The highest BCUT2D eigenvalue weighted by Gasteiger charge is 2.15. The van der Waals surface area contributed by atoms with E-state index in [1.807, 2.05) is 10.9 Å². The van der Waals surface area contributed by atoms with Gasteiger partial charge in [0.1, 0.15) is 0 Å². The van der Waals surface area contributed by atoms with Crippen LogP contribution in [-0.2, 0) is 6.54 Å². The van der Waals surface area contributed by atoms with Crippen LogP contribution in [0.4, 0.5) is 0 Å². The van der Waals surface area contributed by atoms with Crippen molar-refractivity contribution >= 4 is 15.9 Å². The summed E-state index contributed by atoms with van der Waals surface area (Å²) in [7, 11) is 0. The Kier molecular flexibility index (Phi) is 4.77. The van der Waals surface area contributed by atoms with Crippen LogP contribution in [0.15, 0.2) is 35.1 Å². The smallest absolute Gasteiger partial charge is 0.0608 e. The molecule has 1 heterocycles. The fourth-order valence-corrected chi connectivity index (χ4v) is 2.89. The van der Waals surface area contributed by atoms with Crippen LogP contribution in [0, 0.1) is 6.92 Å². The lowest BCUT2D eigenvalue weighted by Crippen LogP contribution is -2.21. The van der Waals surface area contributed by atoms with Gasteiger partial charge in [-0.25, -0.2) is 0 Å². The van der Waals surface area contributed by atoms with E-state index in [2.05, 4.69) is 71.5 Å². The van der Waals surface area contributed by atoms with Gasteiger partial charge in [-0.2, -0.15) is 5.10 Å². The lowest BCUT2D eigenvalue weighted by molar-refractivity contribution is 0.624. The van der Waals surface area contributed by atoms with E-state index in [0.717, 1.165) is 17.6 Å². The summed E-state index contributed by atoms with van der Waals surface area (Å²) < 4.78 is 3.08. The predicted molar refractivity (Wildman–Crippen MR) is 82.3 cm³/mol. The van der Waals surface area contributed by atoms with Crippen molar-refractivity contribution in [3.05, 3.63) is 51.8 Å². The third kappa shape index (κ3) is 3.45. The molecule has 2 rings (SSSR count). The summed E-state index contributed by atoms with van der Waals surface area (Å²) in [5, 5.41) is 7.91. The lowest BCUT2D eigenvalue weighted by atomic mass is 10.00. The highest BCUT2D eigenvalue weighted by atomic mass is 79.9. The Morgan fingerprint density at radius 1 is 1.26 bits per heavy atom. The summed E-state index contributed by atoms with van der Waals surface area (Å²) in [6.07, 6.45) is 4.07. The summed E-state index contributed by atoms with van der Waals surface area (Å²) >= 11 is 3.58. The second-order valence-electron chi connectivity index (χ2n) is 4.68. The topological polar surface area (TPSA) is 29.9 Å². The summed E-state index contributed by atoms with van der Waals surface area (Å²) in [6, 6.07) is 6.72. The van der Waals surface area contributed by atoms with Gasteiger partial charge in [0, 0.05) is 22.8 Å². The van der Waals surface area contributed by atoms with E-state index in [4.69, 9.17) is 0 Å². The van der Waals surface area contributed by atoms with Gasteiger partial charge < -0.3 is 5.32 Å². The van der Waals surface area contributed by atoms with E-state index in [9.17, 15) is 0 Å². The Morgan fingerprint density at radius 2 is 2.05 bits per heavy atom. The largest absolute Gasteiger partial charge is 0.306 e. The first-order valence-corrected chi connectivity index (χ1v) is 7.46. The first-order chi connectivity index (χ1) is 9.13. The Hall–Kier alpha value is -1.13. The third-order valence-corrected chi connectivity index (χ3v) is 3.57. The van der Waals surface area contributed by atoms with Crippen molar-refractivity contribution in [3.63, 3.8) is 0 Å². The maximum Gasteiger partial charge on any atom is 0.0608 e. The average Bonchev–Trinajstić information content (AvgIpc) is 2.83. The normalized spacial score (nSPS) is 12.6. The molecule has 0 saturated heterocycles. The minimum atomic E-state index is 0.196. The van der Waals surface area contributed by atoms with Crippen molar-refractivity contribution < 1.29 is 0 Å². The zero-order valence-corrected chi connectivity index (χ0v) is 13.2. The van der Waals surface area contributed by atoms with Gasteiger partial charge in [0.15, 0.2) is 0 Å². The molecule has 0 aliphatic carbocycles. The number of rotatable bonds is 5. The van der Waals surface area contributed by atoms with Crippen LogP contribution in [-0.4, -0.2) is 16.3 Å². The SMILES string of the molecule is CCNC(c1cc(C)cc(Br)c1)c1cnn(CC)c1. The Balaban J connectivity index is 2.38. The third-order valence-electron chi connectivity index (χ3n) is 3.12. The molecule has 0 saturated carbocycles. The van der Waals surface area contributed by atoms with Crippen molar-refractivity contribution in [3.8, 4) is 0 Å². The minimum absolute atomic E-state index is 0.196. The second kappa shape index (κ2) is 6.35. The predicted octanol–water partition coefficient (Wildman–Crippen LogP) is 3.67. The van der Waals surface area contributed by atoms with Gasteiger partial charge in [0.05, 0.1) is 12.2 Å². The molecular weight excluding hydrogens is 302 g/mol. The fraction of sp³-hybridized carbons (Fsp3) is 0.400. The van der Waals surface area contributed by atoms with Crippen molar-refractivity contribution in [1.82, 2.24) is 15.1 Å². The number of nitrogens with one attached hydrogen (secondary N) is 1. The molecule has 2 aromatic rings. The monoisotopic (exact) mass is 321 g/mol. The van der Waals surface area contributed by atoms with Crippen LogP contribution in [0.5, 0.6) is 0 Å². The second-order valence-corrected chi connectivity index (χ2v) is 5.60. The molecule has 3 nitrogen and oxygen atoms in total. The number of hydrogen-bond acceptors (Lipinski definition) is 2. The molecule has 1 aromatic heterocycles. The molecule has 0 aliphatic rings. The minimum Gasteiger partial charge on any atom is -0.306 e. The van der Waals surface area contributed by atoms with E-state index in [-0.39, 0.29) is 6.04 Å². The van der Waals surface area contributed by atoms with Crippen LogP contribution in [0.3, 0.4) is 0 Å². The summed E-state index contributed by atoms with van der Waals surface area (Å²) in [5.74, 6) is 0.